The van der Waals surface area contributed by atoms with E-state index in [0.29, 0.717) is 5.56 Å². The number of tetrazole rings is 1. The summed E-state index contributed by atoms with van der Waals surface area (Å²) in [7, 11) is 0. The smallest absolute Gasteiger partial charge is 0.338 e. The number of aromatic nitrogens is 4. The number of esters is 1. The van der Waals surface area contributed by atoms with Crippen LogP contribution in [0.3, 0.4) is 0 Å². The number of benzene rings is 1. The van der Waals surface area contributed by atoms with Gasteiger partial charge < -0.3 is 4.74 Å². The van der Waals surface area contributed by atoms with E-state index in [9.17, 15) is 4.79 Å². The third-order valence-electron chi connectivity index (χ3n) is 3.54. The molecule has 0 spiro atoms. The van der Waals surface area contributed by atoms with Crippen molar-refractivity contribution in [2.45, 2.75) is 38.2 Å². The second-order valence-electron chi connectivity index (χ2n) is 4.97. The van der Waals surface area contributed by atoms with Gasteiger partial charge in [-0.1, -0.05) is 6.42 Å². The fourth-order valence-corrected chi connectivity index (χ4v) is 2.43. The Morgan fingerprint density at radius 3 is 2.55 bits per heavy atom. The Balaban J connectivity index is 1.66. The Hall–Kier alpha value is -2.24. The molecule has 0 saturated heterocycles. The molecule has 2 aromatic rings. The molecule has 1 heterocycles. The maximum absolute atomic E-state index is 12.0. The summed E-state index contributed by atoms with van der Waals surface area (Å²) in [5, 5.41) is 10.9. The zero-order valence-electron chi connectivity index (χ0n) is 11.1. The molecular formula is C14H16N4O2. The summed E-state index contributed by atoms with van der Waals surface area (Å²) in [6.45, 7) is 0. The minimum atomic E-state index is -0.250. The summed E-state index contributed by atoms with van der Waals surface area (Å²) in [5.41, 5.74) is 1.37. The molecule has 3 rings (SSSR count). The Bertz CT molecular complexity index is 559. The number of carbonyl (C=O) groups excluding carboxylic acids is 1. The average molecular weight is 272 g/mol. The van der Waals surface area contributed by atoms with Crippen LogP contribution in [-0.2, 0) is 4.74 Å². The second kappa shape index (κ2) is 5.81. The maximum atomic E-state index is 12.0. The van der Waals surface area contributed by atoms with Crippen molar-refractivity contribution in [3.63, 3.8) is 0 Å². The first-order valence-electron chi connectivity index (χ1n) is 6.87. The number of nitrogens with zero attached hydrogens (tertiary/aromatic N) is 4. The van der Waals surface area contributed by atoms with Crippen LogP contribution in [0.25, 0.3) is 5.69 Å². The van der Waals surface area contributed by atoms with Crippen molar-refractivity contribution in [1.29, 1.82) is 0 Å². The molecule has 6 nitrogen and oxygen atoms in total. The summed E-state index contributed by atoms with van der Waals surface area (Å²) in [5.74, 6) is -0.250. The van der Waals surface area contributed by atoms with Crippen LogP contribution in [-0.4, -0.2) is 32.3 Å². The van der Waals surface area contributed by atoms with E-state index in [-0.39, 0.29) is 12.1 Å². The predicted octanol–water partition coefficient (Wildman–Crippen LogP) is 2.15. The molecule has 0 radical (unpaired) electrons. The van der Waals surface area contributed by atoms with E-state index in [4.69, 9.17) is 4.74 Å². The zero-order chi connectivity index (χ0) is 13.8. The first-order chi connectivity index (χ1) is 9.83. The average Bonchev–Trinajstić information content (AvgIpc) is 3.03. The van der Waals surface area contributed by atoms with Gasteiger partial charge in [0.1, 0.15) is 12.4 Å². The number of hydrogen-bond donors (Lipinski definition) is 0. The molecule has 6 heteroatoms. The van der Waals surface area contributed by atoms with E-state index in [1.807, 2.05) is 0 Å². The SMILES string of the molecule is O=C(OC1CCCCC1)c1ccc(-n2cnnn2)cc1. The Labute approximate surface area is 116 Å². The standard InChI is InChI=1S/C14H16N4O2/c19-14(20-13-4-2-1-3-5-13)11-6-8-12(9-7-11)18-10-15-16-17-18/h6-10,13H,1-5H2. The molecule has 0 atom stereocenters. The number of carbonyl (C=O) groups is 1. The topological polar surface area (TPSA) is 69.9 Å². The summed E-state index contributed by atoms with van der Waals surface area (Å²) < 4.78 is 7.06. The van der Waals surface area contributed by atoms with Crippen LogP contribution in [0.15, 0.2) is 30.6 Å². The van der Waals surface area contributed by atoms with E-state index in [0.717, 1.165) is 31.4 Å². The fourth-order valence-electron chi connectivity index (χ4n) is 2.43. The molecule has 1 aliphatic rings. The van der Waals surface area contributed by atoms with Crippen molar-refractivity contribution in [1.82, 2.24) is 20.2 Å². The summed E-state index contributed by atoms with van der Waals surface area (Å²) in [6.07, 6.45) is 7.09. The van der Waals surface area contributed by atoms with Gasteiger partial charge in [0.15, 0.2) is 0 Å². The molecule has 0 unspecified atom stereocenters. The highest BCUT2D eigenvalue weighted by Crippen LogP contribution is 2.21. The van der Waals surface area contributed by atoms with E-state index < -0.39 is 0 Å². The van der Waals surface area contributed by atoms with Gasteiger partial charge in [0.25, 0.3) is 0 Å². The first kappa shape index (κ1) is 12.8. The Morgan fingerprint density at radius 1 is 1.15 bits per heavy atom. The molecule has 0 aliphatic heterocycles. The van der Waals surface area contributed by atoms with Crippen molar-refractivity contribution in [2.75, 3.05) is 0 Å². The largest absolute Gasteiger partial charge is 0.459 e. The molecule has 0 amide bonds. The van der Waals surface area contributed by atoms with Gasteiger partial charge in [0.2, 0.25) is 0 Å². The third kappa shape index (κ3) is 2.84. The molecule has 1 aromatic heterocycles. The van der Waals surface area contributed by atoms with Crippen LogP contribution in [0, 0.1) is 0 Å². The van der Waals surface area contributed by atoms with Gasteiger partial charge in [-0.3, -0.25) is 0 Å². The number of hydrogen-bond acceptors (Lipinski definition) is 5. The lowest BCUT2D eigenvalue weighted by molar-refractivity contribution is 0.0211. The lowest BCUT2D eigenvalue weighted by Crippen LogP contribution is -2.20. The summed E-state index contributed by atoms with van der Waals surface area (Å²) in [4.78, 5) is 12.0. The van der Waals surface area contributed by atoms with E-state index in [2.05, 4.69) is 15.5 Å². The summed E-state index contributed by atoms with van der Waals surface area (Å²) in [6, 6.07) is 7.08. The quantitative estimate of drug-likeness (QED) is 0.801. The van der Waals surface area contributed by atoms with Crippen LogP contribution in [0.5, 0.6) is 0 Å². The molecular weight excluding hydrogens is 256 g/mol. The lowest BCUT2D eigenvalue weighted by Gasteiger charge is -2.21. The second-order valence-corrected chi connectivity index (χ2v) is 4.97. The maximum Gasteiger partial charge on any atom is 0.338 e. The fraction of sp³-hybridized carbons (Fsp3) is 0.429. The van der Waals surface area contributed by atoms with Crippen LogP contribution < -0.4 is 0 Å². The molecule has 1 aromatic carbocycles. The Kier molecular flexibility index (Phi) is 3.71. The van der Waals surface area contributed by atoms with Gasteiger partial charge in [0.05, 0.1) is 11.3 Å². The normalized spacial score (nSPS) is 16.0. The van der Waals surface area contributed by atoms with Crippen molar-refractivity contribution >= 4 is 5.97 Å². The number of rotatable bonds is 3. The van der Waals surface area contributed by atoms with Crippen LogP contribution in [0.1, 0.15) is 42.5 Å². The molecule has 104 valence electrons. The van der Waals surface area contributed by atoms with E-state index >= 15 is 0 Å². The first-order valence-corrected chi connectivity index (χ1v) is 6.87. The van der Waals surface area contributed by atoms with E-state index in [1.54, 1.807) is 24.3 Å². The Morgan fingerprint density at radius 2 is 1.90 bits per heavy atom. The minimum Gasteiger partial charge on any atom is -0.459 e. The van der Waals surface area contributed by atoms with Gasteiger partial charge in [-0.2, -0.15) is 0 Å². The zero-order valence-corrected chi connectivity index (χ0v) is 11.1. The van der Waals surface area contributed by atoms with Crippen molar-refractivity contribution in [3.8, 4) is 5.69 Å². The van der Waals surface area contributed by atoms with E-state index in [1.165, 1.54) is 17.4 Å². The van der Waals surface area contributed by atoms with Crippen molar-refractivity contribution in [2.24, 2.45) is 0 Å². The van der Waals surface area contributed by atoms with Gasteiger partial charge in [-0.15, -0.1) is 5.10 Å². The van der Waals surface area contributed by atoms with Crippen LogP contribution >= 0.6 is 0 Å². The molecule has 1 fully saturated rings. The molecule has 0 N–H and O–H groups in total. The van der Waals surface area contributed by atoms with Gasteiger partial charge in [0, 0.05) is 0 Å². The van der Waals surface area contributed by atoms with Crippen molar-refractivity contribution < 1.29 is 9.53 Å². The minimum absolute atomic E-state index is 0.0791. The predicted molar refractivity (Wildman–Crippen MR) is 71.4 cm³/mol. The van der Waals surface area contributed by atoms with Crippen LogP contribution in [0.4, 0.5) is 0 Å². The number of ether oxygens (including phenoxy) is 1. The highest BCUT2D eigenvalue weighted by Gasteiger charge is 2.18. The molecule has 20 heavy (non-hydrogen) atoms. The molecule has 0 bridgehead atoms. The third-order valence-corrected chi connectivity index (χ3v) is 3.54. The van der Waals surface area contributed by atoms with Gasteiger partial charge in [-0.25, -0.2) is 9.48 Å². The lowest BCUT2D eigenvalue weighted by atomic mass is 9.98. The molecule has 1 aliphatic carbocycles. The summed E-state index contributed by atoms with van der Waals surface area (Å²) >= 11 is 0. The monoisotopic (exact) mass is 272 g/mol. The highest BCUT2D eigenvalue weighted by atomic mass is 16.5. The van der Waals surface area contributed by atoms with Gasteiger partial charge >= 0.3 is 5.97 Å². The van der Waals surface area contributed by atoms with Crippen LogP contribution in [0.2, 0.25) is 0 Å². The molecule has 1 saturated carbocycles. The highest BCUT2D eigenvalue weighted by molar-refractivity contribution is 5.89. The van der Waals surface area contributed by atoms with Gasteiger partial charge in [-0.05, 0) is 60.4 Å². The van der Waals surface area contributed by atoms with Crippen molar-refractivity contribution in [3.05, 3.63) is 36.2 Å².